The number of rotatable bonds is 5. The van der Waals surface area contributed by atoms with Crippen molar-refractivity contribution in [3.05, 3.63) is 77.4 Å². The van der Waals surface area contributed by atoms with Crippen molar-refractivity contribution in [1.82, 2.24) is 9.78 Å². The summed E-state index contributed by atoms with van der Waals surface area (Å²) >= 11 is 0. The SMILES string of the molecule is Cc1nn(C)cc1NC(=O)c1ccc(COc2ccc(F)cc2)cc1. The summed E-state index contributed by atoms with van der Waals surface area (Å²) in [5.41, 5.74) is 2.92. The Bertz CT molecular complexity index is 871. The third-order valence-electron chi connectivity index (χ3n) is 3.70. The molecule has 0 radical (unpaired) electrons. The van der Waals surface area contributed by atoms with Crippen molar-refractivity contribution in [3.8, 4) is 5.75 Å². The van der Waals surface area contributed by atoms with Gasteiger partial charge in [-0.25, -0.2) is 4.39 Å². The van der Waals surface area contributed by atoms with E-state index in [2.05, 4.69) is 10.4 Å². The second-order valence-electron chi connectivity index (χ2n) is 5.70. The first kappa shape index (κ1) is 16.7. The van der Waals surface area contributed by atoms with Gasteiger partial charge in [0.15, 0.2) is 0 Å². The summed E-state index contributed by atoms with van der Waals surface area (Å²) in [4.78, 5) is 12.3. The lowest BCUT2D eigenvalue weighted by Gasteiger charge is -2.07. The molecule has 0 aliphatic carbocycles. The van der Waals surface area contributed by atoms with Gasteiger partial charge in [-0.15, -0.1) is 0 Å². The lowest BCUT2D eigenvalue weighted by atomic mass is 10.1. The predicted octanol–water partition coefficient (Wildman–Crippen LogP) is 3.70. The lowest BCUT2D eigenvalue weighted by molar-refractivity contribution is 0.102. The molecule has 0 saturated heterocycles. The van der Waals surface area contributed by atoms with Crippen molar-refractivity contribution in [2.45, 2.75) is 13.5 Å². The monoisotopic (exact) mass is 339 g/mol. The fraction of sp³-hybridized carbons (Fsp3) is 0.158. The molecule has 0 bridgehead atoms. The van der Waals surface area contributed by atoms with Crippen molar-refractivity contribution in [2.24, 2.45) is 7.05 Å². The zero-order valence-electron chi connectivity index (χ0n) is 14.0. The van der Waals surface area contributed by atoms with Crippen LogP contribution in [-0.2, 0) is 13.7 Å². The minimum atomic E-state index is -0.299. The molecule has 3 rings (SSSR count). The molecule has 0 atom stereocenters. The summed E-state index contributed by atoms with van der Waals surface area (Å²) in [5, 5.41) is 7.03. The maximum Gasteiger partial charge on any atom is 0.255 e. The number of aromatic nitrogens is 2. The molecule has 25 heavy (non-hydrogen) atoms. The van der Waals surface area contributed by atoms with Crippen molar-refractivity contribution in [2.75, 3.05) is 5.32 Å². The molecule has 0 aliphatic rings. The van der Waals surface area contributed by atoms with E-state index in [1.165, 1.54) is 12.1 Å². The summed E-state index contributed by atoms with van der Waals surface area (Å²) in [7, 11) is 1.80. The van der Waals surface area contributed by atoms with Crippen LogP contribution in [0.3, 0.4) is 0 Å². The Balaban J connectivity index is 1.60. The zero-order chi connectivity index (χ0) is 17.8. The molecule has 0 fully saturated rings. The molecule has 1 N–H and O–H groups in total. The Labute approximate surface area is 145 Å². The summed E-state index contributed by atoms with van der Waals surface area (Å²) < 4.78 is 20.1. The van der Waals surface area contributed by atoms with Crippen LogP contribution < -0.4 is 10.1 Å². The second-order valence-corrected chi connectivity index (χ2v) is 5.70. The standard InChI is InChI=1S/C19H18FN3O2/c1-13-18(11-23(2)22-13)21-19(24)15-5-3-14(4-6-15)12-25-17-9-7-16(20)8-10-17/h3-11H,12H2,1-2H3,(H,21,24). The fourth-order valence-electron chi connectivity index (χ4n) is 2.37. The first-order valence-corrected chi connectivity index (χ1v) is 7.80. The third kappa shape index (κ3) is 4.23. The minimum Gasteiger partial charge on any atom is -0.489 e. The molecule has 1 amide bonds. The normalized spacial score (nSPS) is 10.5. The minimum absolute atomic E-state index is 0.192. The van der Waals surface area contributed by atoms with Crippen LogP contribution in [0, 0.1) is 12.7 Å². The van der Waals surface area contributed by atoms with Crippen LogP contribution in [0.25, 0.3) is 0 Å². The zero-order valence-corrected chi connectivity index (χ0v) is 14.0. The molecular formula is C19H18FN3O2. The van der Waals surface area contributed by atoms with Crippen LogP contribution >= 0.6 is 0 Å². The number of carbonyl (C=O) groups is 1. The number of nitrogens with one attached hydrogen (secondary N) is 1. The highest BCUT2D eigenvalue weighted by atomic mass is 19.1. The number of ether oxygens (including phenoxy) is 1. The first-order valence-electron chi connectivity index (χ1n) is 7.80. The molecular weight excluding hydrogens is 321 g/mol. The molecule has 3 aromatic rings. The highest BCUT2D eigenvalue weighted by Crippen LogP contribution is 2.16. The van der Waals surface area contributed by atoms with Gasteiger partial charge in [-0.05, 0) is 48.9 Å². The van der Waals surface area contributed by atoms with Crippen LogP contribution in [0.1, 0.15) is 21.6 Å². The van der Waals surface area contributed by atoms with E-state index in [4.69, 9.17) is 4.74 Å². The summed E-state index contributed by atoms with van der Waals surface area (Å²) in [6, 6.07) is 13.0. The number of halogens is 1. The van der Waals surface area contributed by atoms with Gasteiger partial charge in [0, 0.05) is 18.8 Å². The first-order chi connectivity index (χ1) is 12.0. The average Bonchev–Trinajstić information content (AvgIpc) is 2.92. The number of benzene rings is 2. The molecule has 0 saturated carbocycles. The van der Waals surface area contributed by atoms with Crippen LogP contribution in [0.2, 0.25) is 0 Å². The maximum atomic E-state index is 12.9. The van der Waals surface area contributed by atoms with Crippen LogP contribution in [0.15, 0.2) is 54.7 Å². The number of amides is 1. The molecule has 5 nitrogen and oxygen atoms in total. The summed E-state index contributed by atoms with van der Waals surface area (Å²) in [5.74, 6) is 0.101. The molecule has 0 unspecified atom stereocenters. The Morgan fingerprint density at radius 2 is 1.84 bits per heavy atom. The van der Waals surface area contributed by atoms with Gasteiger partial charge in [0.2, 0.25) is 0 Å². The topological polar surface area (TPSA) is 56.2 Å². The highest BCUT2D eigenvalue weighted by molar-refractivity contribution is 6.04. The molecule has 2 aromatic carbocycles. The van der Waals surface area contributed by atoms with Gasteiger partial charge < -0.3 is 10.1 Å². The molecule has 128 valence electrons. The quantitative estimate of drug-likeness (QED) is 0.771. The fourth-order valence-corrected chi connectivity index (χ4v) is 2.37. The van der Waals surface area contributed by atoms with Crippen LogP contribution in [0.4, 0.5) is 10.1 Å². The number of anilines is 1. The van der Waals surface area contributed by atoms with Crippen LogP contribution in [0.5, 0.6) is 5.75 Å². The Morgan fingerprint density at radius 3 is 2.44 bits per heavy atom. The average molecular weight is 339 g/mol. The molecule has 6 heteroatoms. The van der Waals surface area contributed by atoms with Gasteiger partial charge >= 0.3 is 0 Å². The van der Waals surface area contributed by atoms with Crippen molar-refractivity contribution < 1.29 is 13.9 Å². The lowest BCUT2D eigenvalue weighted by Crippen LogP contribution is -2.12. The van der Waals surface area contributed by atoms with Gasteiger partial charge in [-0.3, -0.25) is 9.48 Å². The highest BCUT2D eigenvalue weighted by Gasteiger charge is 2.10. The van der Waals surface area contributed by atoms with E-state index >= 15 is 0 Å². The Kier molecular flexibility index (Phi) is 4.79. The number of aryl methyl sites for hydroxylation is 2. The van der Waals surface area contributed by atoms with Gasteiger partial charge in [-0.1, -0.05) is 12.1 Å². The summed E-state index contributed by atoms with van der Waals surface area (Å²) in [6.45, 7) is 2.18. The van der Waals surface area contributed by atoms with E-state index in [0.29, 0.717) is 23.6 Å². The number of carbonyl (C=O) groups excluding carboxylic acids is 1. The molecule has 1 heterocycles. The van der Waals surface area contributed by atoms with E-state index in [9.17, 15) is 9.18 Å². The summed E-state index contributed by atoms with van der Waals surface area (Å²) in [6.07, 6.45) is 1.76. The maximum absolute atomic E-state index is 12.9. The van der Waals surface area contributed by atoms with Crippen molar-refractivity contribution in [3.63, 3.8) is 0 Å². The Morgan fingerprint density at radius 1 is 1.16 bits per heavy atom. The van der Waals surface area contributed by atoms with Gasteiger partial charge in [-0.2, -0.15) is 5.10 Å². The van der Waals surface area contributed by atoms with Gasteiger partial charge in [0.05, 0.1) is 11.4 Å². The van der Waals surface area contributed by atoms with Crippen LogP contribution in [-0.4, -0.2) is 15.7 Å². The predicted molar refractivity (Wildman–Crippen MR) is 93.1 cm³/mol. The molecule has 0 spiro atoms. The van der Waals surface area contributed by atoms with Gasteiger partial charge in [0.1, 0.15) is 18.2 Å². The van der Waals surface area contributed by atoms with Crippen molar-refractivity contribution in [1.29, 1.82) is 0 Å². The molecule has 0 aliphatic heterocycles. The second kappa shape index (κ2) is 7.17. The largest absolute Gasteiger partial charge is 0.489 e. The smallest absolute Gasteiger partial charge is 0.255 e. The van der Waals surface area contributed by atoms with E-state index < -0.39 is 0 Å². The van der Waals surface area contributed by atoms with Gasteiger partial charge in [0.25, 0.3) is 5.91 Å². The van der Waals surface area contributed by atoms with E-state index in [0.717, 1.165) is 11.3 Å². The number of hydrogen-bond acceptors (Lipinski definition) is 3. The van der Waals surface area contributed by atoms with Crippen molar-refractivity contribution >= 4 is 11.6 Å². The number of hydrogen-bond donors (Lipinski definition) is 1. The van der Waals surface area contributed by atoms with E-state index in [1.54, 1.807) is 42.2 Å². The van der Waals surface area contributed by atoms with E-state index in [-0.39, 0.29) is 11.7 Å². The van der Waals surface area contributed by atoms with E-state index in [1.807, 2.05) is 19.1 Å². The Hall–Kier alpha value is -3.15. The molecule has 1 aromatic heterocycles. The number of nitrogens with zero attached hydrogens (tertiary/aromatic N) is 2. The third-order valence-corrected chi connectivity index (χ3v) is 3.70.